The van der Waals surface area contributed by atoms with Crippen molar-refractivity contribution >= 4 is 5.84 Å². The first-order valence-electron chi connectivity index (χ1n) is 3.85. The Labute approximate surface area is 61.5 Å². The Morgan fingerprint density at radius 3 is 2.90 bits per heavy atom. The van der Waals surface area contributed by atoms with Crippen LogP contribution in [-0.2, 0) is 0 Å². The molecule has 1 fully saturated rings. The van der Waals surface area contributed by atoms with Crippen molar-refractivity contribution in [3.8, 4) is 0 Å². The van der Waals surface area contributed by atoms with Crippen LogP contribution in [0.3, 0.4) is 0 Å². The lowest BCUT2D eigenvalue weighted by atomic mass is 10.0. The average Bonchev–Trinajstić information content (AvgIpc) is 1.88. The van der Waals surface area contributed by atoms with Crippen LogP contribution in [0.5, 0.6) is 0 Å². The average molecular weight is 141 g/mol. The highest BCUT2D eigenvalue weighted by Crippen LogP contribution is 2.08. The minimum absolute atomic E-state index is 0.305. The third kappa shape index (κ3) is 2.35. The number of amidine groups is 1. The summed E-state index contributed by atoms with van der Waals surface area (Å²) in [7, 11) is 0. The monoisotopic (exact) mass is 141 g/mol. The molecule has 0 amide bonds. The molecule has 0 spiro atoms. The molecule has 1 saturated heterocycles. The zero-order chi connectivity index (χ0) is 7.40. The first-order chi connectivity index (χ1) is 4.79. The van der Waals surface area contributed by atoms with E-state index in [9.17, 15) is 0 Å². The molecule has 0 aliphatic carbocycles. The van der Waals surface area contributed by atoms with E-state index in [1.54, 1.807) is 0 Å². The van der Waals surface area contributed by atoms with Crippen LogP contribution in [-0.4, -0.2) is 18.4 Å². The Kier molecular flexibility index (Phi) is 2.68. The van der Waals surface area contributed by atoms with Gasteiger partial charge in [0.05, 0.1) is 5.84 Å². The number of hydrogen-bond donors (Lipinski definition) is 3. The van der Waals surface area contributed by atoms with E-state index in [0.717, 1.165) is 13.0 Å². The van der Waals surface area contributed by atoms with Gasteiger partial charge in [0, 0.05) is 12.5 Å². The summed E-state index contributed by atoms with van der Waals surface area (Å²) < 4.78 is 0. The number of hydrogen-bond acceptors (Lipinski definition) is 2. The van der Waals surface area contributed by atoms with Gasteiger partial charge in [-0.25, -0.2) is 0 Å². The smallest absolute Gasteiger partial charge is 0.0920 e. The standard InChI is InChI=1S/C7H15N3/c8-7(9)5-6-3-1-2-4-10-6/h6,10H,1-5H2,(H3,8,9). The van der Waals surface area contributed by atoms with Gasteiger partial charge in [-0.15, -0.1) is 0 Å². The van der Waals surface area contributed by atoms with Crippen molar-refractivity contribution < 1.29 is 0 Å². The quantitative estimate of drug-likeness (QED) is 0.386. The lowest BCUT2D eigenvalue weighted by Crippen LogP contribution is -2.36. The first-order valence-corrected chi connectivity index (χ1v) is 3.85. The maximum atomic E-state index is 7.07. The van der Waals surface area contributed by atoms with Gasteiger partial charge in [-0.2, -0.15) is 0 Å². The summed E-state index contributed by atoms with van der Waals surface area (Å²) in [5, 5.41) is 10.4. The van der Waals surface area contributed by atoms with Crippen LogP contribution < -0.4 is 11.1 Å². The molecular weight excluding hydrogens is 126 g/mol. The highest BCUT2D eigenvalue weighted by atomic mass is 14.9. The second kappa shape index (κ2) is 3.56. The molecule has 0 aromatic heterocycles. The summed E-state index contributed by atoms with van der Waals surface area (Å²) in [6.07, 6.45) is 4.46. The van der Waals surface area contributed by atoms with Crippen molar-refractivity contribution in [2.75, 3.05) is 6.54 Å². The minimum Gasteiger partial charge on any atom is -0.388 e. The summed E-state index contributed by atoms with van der Waals surface area (Å²) in [4.78, 5) is 0. The van der Waals surface area contributed by atoms with E-state index in [1.165, 1.54) is 19.3 Å². The van der Waals surface area contributed by atoms with E-state index >= 15 is 0 Å². The highest BCUT2D eigenvalue weighted by molar-refractivity contribution is 5.77. The summed E-state index contributed by atoms with van der Waals surface area (Å²) >= 11 is 0. The van der Waals surface area contributed by atoms with Crippen molar-refractivity contribution in [3.63, 3.8) is 0 Å². The Morgan fingerprint density at radius 2 is 2.40 bits per heavy atom. The Balaban J connectivity index is 2.19. The SMILES string of the molecule is N=C(N)CC1CCCCN1. The van der Waals surface area contributed by atoms with Gasteiger partial charge in [0.1, 0.15) is 0 Å². The van der Waals surface area contributed by atoms with Crippen LogP contribution in [0.15, 0.2) is 0 Å². The number of nitrogens with one attached hydrogen (secondary N) is 2. The zero-order valence-electron chi connectivity index (χ0n) is 6.19. The first kappa shape index (κ1) is 7.54. The highest BCUT2D eigenvalue weighted by Gasteiger charge is 2.12. The minimum atomic E-state index is 0.305. The van der Waals surface area contributed by atoms with Gasteiger partial charge in [0.2, 0.25) is 0 Å². The summed E-state index contributed by atoms with van der Waals surface area (Å²) in [6, 6.07) is 0.478. The van der Waals surface area contributed by atoms with Crippen LogP contribution in [0.4, 0.5) is 0 Å². The molecule has 3 heteroatoms. The van der Waals surface area contributed by atoms with Crippen LogP contribution in [0.2, 0.25) is 0 Å². The number of piperidine rings is 1. The van der Waals surface area contributed by atoms with Gasteiger partial charge in [-0.1, -0.05) is 6.42 Å². The van der Waals surface area contributed by atoms with E-state index in [4.69, 9.17) is 11.1 Å². The van der Waals surface area contributed by atoms with Crippen molar-refractivity contribution in [1.29, 1.82) is 5.41 Å². The Hall–Kier alpha value is -0.570. The lowest BCUT2D eigenvalue weighted by Gasteiger charge is -2.22. The van der Waals surface area contributed by atoms with E-state index in [2.05, 4.69) is 5.32 Å². The molecule has 0 saturated carbocycles. The van der Waals surface area contributed by atoms with Crippen molar-refractivity contribution in [2.24, 2.45) is 5.73 Å². The van der Waals surface area contributed by atoms with Gasteiger partial charge in [0.25, 0.3) is 0 Å². The van der Waals surface area contributed by atoms with Gasteiger partial charge in [0.15, 0.2) is 0 Å². The second-order valence-electron chi connectivity index (χ2n) is 2.88. The van der Waals surface area contributed by atoms with Gasteiger partial charge < -0.3 is 11.1 Å². The maximum Gasteiger partial charge on any atom is 0.0920 e. The van der Waals surface area contributed by atoms with Gasteiger partial charge in [-0.3, -0.25) is 5.41 Å². The van der Waals surface area contributed by atoms with Crippen LogP contribution >= 0.6 is 0 Å². The second-order valence-corrected chi connectivity index (χ2v) is 2.88. The topological polar surface area (TPSA) is 61.9 Å². The molecule has 3 nitrogen and oxygen atoms in total. The zero-order valence-corrected chi connectivity index (χ0v) is 6.19. The van der Waals surface area contributed by atoms with E-state index in [1.807, 2.05) is 0 Å². The van der Waals surface area contributed by atoms with E-state index in [-0.39, 0.29) is 0 Å². The normalized spacial score (nSPS) is 26.2. The molecule has 1 heterocycles. The molecule has 0 bridgehead atoms. The van der Waals surface area contributed by atoms with Crippen molar-refractivity contribution in [1.82, 2.24) is 5.32 Å². The fourth-order valence-electron chi connectivity index (χ4n) is 1.36. The predicted molar refractivity (Wildman–Crippen MR) is 42.2 cm³/mol. The molecule has 0 aromatic carbocycles. The molecule has 0 radical (unpaired) electrons. The summed E-state index contributed by atoms with van der Waals surface area (Å²) in [5.74, 6) is 0.305. The maximum absolute atomic E-state index is 7.07. The molecular formula is C7H15N3. The van der Waals surface area contributed by atoms with Crippen molar-refractivity contribution in [3.05, 3.63) is 0 Å². The molecule has 58 valence electrons. The van der Waals surface area contributed by atoms with Crippen LogP contribution in [0.1, 0.15) is 25.7 Å². The molecule has 4 N–H and O–H groups in total. The molecule has 1 aliphatic rings. The van der Waals surface area contributed by atoms with E-state index < -0.39 is 0 Å². The fourth-order valence-corrected chi connectivity index (χ4v) is 1.36. The van der Waals surface area contributed by atoms with Crippen LogP contribution in [0, 0.1) is 5.41 Å². The number of nitrogens with two attached hydrogens (primary N) is 1. The third-order valence-corrected chi connectivity index (χ3v) is 1.88. The number of rotatable bonds is 2. The summed E-state index contributed by atoms with van der Waals surface area (Å²) in [5.41, 5.74) is 5.27. The largest absolute Gasteiger partial charge is 0.388 e. The van der Waals surface area contributed by atoms with Crippen molar-refractivity contribution in [2.45, 2.75) is 31.7 Å². The van der Waals surface area contributed by atoms with E-state index in [0.29, 0.717) is 11.9 Å². The molecule has 1 aliphatic heterocycles. The van der Waals surface area contributed by atoms with Crippen LogP contribution in [0.25, 0.3) is 0 Å². The van der Waals surface area contributed by atoms with Gasteiger partial charge in [-0.05, 0) is 19.4 Å². The molecule has 10 heavy (non-hydrogen) atoms. The molecule has 0 aromatic rings. The van der Waals surface area contributed by atoms with Gasteiger partial charge >= 0.3 is 0 Å². The lowest BCUT2D eigenvalue weighted by molar-refractivity contribution is 0.409. The molecule has 1 unspecified atom stereocenters. The third-order valence-electron chi connectivity index (χ3n) is 1.88. The predicted octanol–water partition coefficient (Wildman–Crippen LogP) is 0.455. The Morgan fingerprint density at radius 1 is 1.60 bits per heavy atom. The summed E-state index contributed by atoms with van der Waals surface area (Å²) in [6.45, 7) is 1.10. The molecule has 1 rings (SSSR count). The fraction of sp³-hybridized carbons (Fsp3) is 0.857. The Bertz CT molecular complexity index is 116. The molecule has 1 atom stereocenters.